The summed E-state index contributed by atoms with van der Waals surface area (Å²) in [4.78, 5) is -0.0281. The third kappa shape index (κ3) is 3.33. The Morgan fingerprint density at radius 1 is 1.17 bits per heavy atom. The van der Waals surface area contributed by atoms with Crippen LogP contribution >= 0.6 is 0 Å². The summed E-state index contributed by atoms with van der Waals surface area (Å²) in [6.45, 7) is 2.04. The standard InChI is InChI=1S/C13H14O3S.Na.H/c1-2-5-10-8-12(17(14,15)16)9-11-6-3-4-7-13(10)11;;/h3-4,6-9H,2,5H2,1H3,(H,14,15,16);;. The zero-order valence-corrected chi connectivity index (χ0v) is 10.4. The first-order valence-corrected chi connectivity index (χ1v) is 6.95. The van der Waals surface area contributed by atoms with E-state index >= 15 is 0 Å². The van der Waals surface area contributed by atoms with E-state index in [9.17, 15) is 8.42 Å². The number of benzene rings is 2. The first kappa shape index (κ1) is 15.7. The van der Waals surface area contributed by atoms with Gasteiger partial charge in [-0.3, -0.25) is 4.55 Å². The molecule has 2 aromatic carbocycles. The molecule has 1 N–H and O–H groups in total. The van der Waals surface area contributed by atoms with Crippen LogP contribution < -0.4 is 0 Å². The predicted octanol–water partition coefficient (Wildman–Crippen LogP) is 2.39. The average molecular weight is 274 g/mol. The van der Waals surface area contributed by atoms with Crippen molar-refractivity contribution < 1.29 is 13.0 Å². The van der Waals surface area contributed by atoms with Crippen LogP contribution in [0.25, 0.3) is 10.8 Å². The van der Waals surface area contributed by atoms with E-state index in [1.165, 1.54) is 6.07 Å². The molecular weight excluding hydrogens is 259 g/mol. The Morgan fingerprint density at radius 2 is 1.83 bits per heavy atom. The fraction of sp³-hybridized carbons (Fsp3) is 0.231. The molecule has 0 aliphatic rings. The van der Waals surface area contributed by atoms with Gasteiger partial charge in [0.25, 0.3) is 10.1 Å². The molecule has 0 aromatic heterocycles. The van der Waals surface area contributed by atoms with Crippen molar-refractivity contribution in [1.82, 2.24) is 0 Å². The van der Waals surface area contributed by atoms with Crippen molar-refractivity contribution in [3.05, 3.63) is 42.0 Å². The van der Waals surface area contributed by atoms with Crippen LogP contribution in [-0.2, 0) is 16.5 Å². The van der Waals surface area contributed by atoms with Crippen LogP contribution in [0, 0.1) is 0 Å². The van der Waals surface area contributed by atoms with Crippen molar-refractivity contribution in [2.24, 2.45) is 0 Å². The first-order chi connectivity index (χ1) is 8.02. The molecule has 0 atom stereocenters. The van der Waals surface area contributed by atoms with E-state index in [-0.39, 0.29) is 34.5 Å². The number of fused-ring (bicyclic) bond motifs is 1. The molecule has 2 rings (SSSR count). The van der Waals surface area contributed by atoms with Gasteiger partial charge < -0.3 is 0 Å². The van der Waals surface area contributed by atoms with Gasteiger partial charge in [-0.05, 0) is 34.9 Å². The third-order valence-electron chi connectivity index (χ3n) is 2.74. The van der Waals surface area contributed by atoms with Crippen LogP contribution in [0.1, 0.15) is 18.9 Å². The molecule has 0 bridgehead atoms. The second-order valence-corrected chi connectivity index (χ2v) is 5.45. The van der Waals surface area contributed by atoms with Crippen LogP contribution in [0.15, 0.2) is 41.3 Å². The van der Waals surface area contributed by atoms with Gasteiger partial charge in [-0.15, -0.1) is 0 Å². The van der Waals surface area contributed by atoms with Crippen LogP contribution in [0.4, 0.5) is 0 Å². The summed E-state index contributed by atoms with van der Waals surface area (Å²) in [5.74, 6) is 0. The predicted molar refractivity (Wildman–Crippen MR) is 74.9 cm³/mol. The van der Waals surface area contributed by atoms with E-state index in [1.807, 2.05) is 31.2 Å². The van der Waals surface area contributed by atoms with Crippen molar-refractivity contribution in [2.75, 3.05) is 0 Å². The van der Waals surface area contributed by atoms with E-state index in [1.54, 1.807) is 6.07 Å². The zero-order chi connectivity index (χ0) is 12.5. The summed E-state index contributed by atoms with van der Waals surface area (Å²) in [5.41, 5.74) is 0.957. The van der Waals surface area contributed by atoms with Gasteiger partial charge in [0.1, 0.15) is 0 Å². The molecular formula is C13H15NaO3S. The molecule has 0 saturated heterocycles. The summed E-state index contributed by atoms with van der Waals surface area (Å²) in [6.07, 6.45) is 1.72. The Kier molecular flexibility index (Phi) is 5.37. The SMILES string of the molecule is CCCc1cc(S(=O)(=O)O)cc2ccccc12.[NaH]. The number of hydrogen-bond acceptors (Lipinski definition) is 2. The molecule has 3 nitrogen and oxygen atoms in total. The Labute approximate surface area is 129 Å². The zero-order valence-electron chi connectivity index (χ0n) is 9.55. The summed E-state index contributed by atoms with van der Waals surface area (Å²) in [7, 11) is -4.14. The van der Waals surface area contributed by atoms with Gasteiger partial charge in [0.15, 0.2) is 0 Å². The quantitative estimate of drug-likeness (QED) is 0.690. The Hall–Kier alpha value is -0.390. The second-order valence-electron chi connectivity index (χ2n) is 4.03. The van der Waals surface area contributed by atoms with Crippen molar-refractivity contribution in [3.63, 3.8) is 0 Å². The van der Waals surface area contributed by atoms with E-state index in [0.29, 0.717) is 0 Å². The molecule has 92 valence electrons. The second kappa shape index (κ2) is 6.17. The number of hydrogen-bond donors (Lipinski definition) is 1. The number of aryl methyl sites for hydroxylation is 1. The van der Waals surface area contributed by atoms with Gasteiger partial charge in [-0.2, -0.15) is 8.42 Å². The molecule has 0 heterocycles. The monoisotopic (exact) mass is 274 g/mol. The minimum absolute atomic E-state index is 0. The van der Waals surface area contributed by atoms with Crippen molar-refractivity contribution in [1.29, 1.82) is 0 Å². The molecule has 0 saturated carbocycles. The van der Waals surface area contributed by atoms with E-state index < -0.39 is 10.1 Å². The van der Waals surface area contributed by atoms with Crippen molar-refractivity contribution >= 4 is 50.4 Å². The van der Waals surface area contributed by atoms with Crippen LogP contribution in [0.5, 0.6) is 0 Å². The molecule has 0 spiro atoms. The van der Waals surface area contributed by atoms with E-state index in [4.69, 9.17) is 4.55 Å². The van der Waals surface area contributed by atoms with Gasteiger partial charge in [0.05, 0.1) is 4.90 Å². The summed E-state index contributed by atoms with van der Waals surface area (Å²) in [6, 6.07) is 10.7. The van der Waals surface area contributed by atoms with E-state index in [2.05, 4.69) is 0 Å². The molecule has 5 heteroatoms. The number of rotatable bonds is 3. The maximum atomic E-state index is 11.2. The summed E-state index contributed by atoms with van der Waals surface area (Å²) >= 11 is 0. The normalized spacial score (nSPS) is 11.2. The fourth-order valence-corrected chi connectivity index (χ4v) is 2.55. The summed E-state index contributed by atoms with van der Waals surface area (Å²) in [5, 5.41) is 1.88. The molecule has 0 aliphatic heterocycles. The molecule has 0 aliphatic carbocycles. The van der Waals surface area contributed by atoms with Crippen LogP contribution in [-0.4, -0.2) is 42.5 Å². The van der Waals surface area contributed by atoms with Crippen LogP contribution in [0.2, 0.25) is 0 Å². The van der Waals surface area contributed by atoms with Gasteiger partial charge in [0.2, 0.25) is 0 Å². The fourth-order valence-electron chi connectivity index (χ4n) is 1.98. The Morgan fingerprint density at radius 3 is 2.44 bits per heavy atom. The van der Waals surface area contributed by atoms with Crippen molar-refractivity contribution in [2.45, 2.75) is 24.7 Å². The van der Waals surface area contributed by atoms with Crippen LogP contribution in [0.3, 0.4) is 0 Å². The van der Waals surface area contributed by atoms with Gasteiger partial charge in [-0.25, -0.2) is 0 Å². The van der Waals surface area contributed by atoms with Gasteiger partial charge in [-0.1, -0.05) is 37.6 Å². The molecule has 0 unspecified atom stereocenters. The van der Waals surface area contributed by atoms with Gasteiger partial charge in [0, 0.05) is 0 Å². The topological polar surface area (TPSA) is 54.4 Å². The van der Waals surface area contributed by atoms with E-state index in [0.717, 1.165) is 29.2 Å². The Balaban J connectivity index is 0.00000162. The summed E-state index contributed by atoms with van der Waals surface area (Å²) < 4.78 is 31.5. The third-order valence-corrected chi connectivity index (χ3v) is 3.57. The molecule has 18 heavy (non-hydrogen) atoms. The average Bonchev–Trinajstić information content (AvgIpc) is 2.28. The maximum absolute atomic E-state index is 11.2. The molecule has 0 radical (unpaired) electrons. The molecule has 2 aromatic rings. The molecule has 0 fully saturated rings. The van der Waals surface area contributed by atoms with Crippen molar-refractivity contribution in [3.8, 4) is 0 Å². The minimum atomic E-state index is -4.14. The molecule has 0 amide bonds. The first-order valence-electron chi connectivity index (χ1n) is 5.51. The van der Waals surface area contributed by atoms with Gasteiger partial charge >= 0.3 is 29.6 Å². The Bertz CT molecular complexity index is 650.